The third kappa shape index (κ3) is 4.63. The zero-order valence-electron chi connectivity index (χ0n) is 14.9. The van der Waals surface area contributed by atoms with Gasteiger partial charge in [0.2, 0.25) is 0 Å². The van der Waals surface area contributed by atoms with Crippen molar-refractivity contribution in [2.75, 3.05) is 5.32 Å². The molecule has 0 unspecified atom stereocenters. The van der Waals surface area contributed by atoms with Crippen LogP contribution in [-0.2, 0) is 6.54 Å². The SMILES string of the molecule is Cc1ccc(CNC(=O)c2cc(Nc3c(F)cccc3F)nc(C)n2)cc1. The van der Waals surface area contributed by atoms with Crippen molar-refractivity contribution in [3.8, 4) is 0 Å². The van der Waals surface area contributed by atoms with E-state index < -0.39 is 17.5 Å². The van der Waals surface area contributed by atoms with Crippen LogP contribution in [0.1, 0.15) is 27.4 Å². The number of halogens is 2. The average molecular weight is 368 g/mol. The normalized spacial score (nSPS) is 10.5. The summed E-state index contributed by atoms with van der Waals surface area (Å²) in [4.78, 5) is 20.6. The van der Waals surface area contributed by atoms with E-state index in [1.54, 1.807) is 6.92 Å². The fourth-order valence-corrected chi connectivity index (χ4v) is 2.47. The molecule has 2 aromatic carbocycles. The minimum atomic E-state index is -0.753. The van der Waals surface area contributed by atoms with Crippen LogP contribution in [0.3, 0.4) is 0 Å². The summed E-state index contributed by atoms with van der Waals surface area (Å²) in [6.07, 6.45) is 0. The lowest BCUT2D eigenvalue weighted by molar-refractivity contribution is 0.0945. The van der Waals surface area contributed by atoms with E-state index in [0.29, 0.717) is 12.4 Å². The average Bonchev–Trinajstić information content (AvgIpc) is 2.64. The lowest BCUT2D eigenvalue weighted by atomic mass is 10.1. The molecule has 0 spiro atoms. The lowest BCUT2D eigenvalue weighted by Gasteiger charge is -2.10. The molecule has 0 saturated carbocycles. The Labute approximate surface area is 155 Å². The maximum Gasteiger partial charge on any atom is 0.270 e. The fourth-order valence-electron chi connectivity index (χ4n) is 2.47. The van der Waals surface area contributed by atoms with Gasteiger partial charge < -0.3 is 10.6 Å². The molecule has 138 valence electrons. The molecule has 0 aliphatic carbocycles. The molecule has 3 rings (SSSR count). The summed E-state index contributed by atoms with van der Waals surface area (Å²) >= 11 is 0. The second-order valence-corrected chi connectivity index (χ2v) is 6.08. The summed E-state index contributed by atoms with van der Waals surface area (Å²) in [6, 6.07) is 12.7. The molecule has 0 radical (unpaired) electrons. The fraction of sp³-hybridized carbons (Fsp3) is 0.150. The minimum absolute atomic E-state index is 0.105. The number of carbonyl (C=O) groups is 1. The van der Waals surface area contributed by atoms with Gasteiger partial charge in [-0.25, -0.2) is 18.7 Å². The predicted molar refractivity (Wildman–Crippen MR) is 98.8 cm³/mol. The second-order valence-electron chi connectivity index (χ2n) is 6.08. The van der Waals surface area contributed by atoms with Gasteiger partial charge >= 0.3 is 0 Å². The van der Waals surface area contributed by atoms with E-state index in [4.69, 9.17) is 0 Å². The van der Waals surface area contributed by atoms with Gasteiger partial charge in [0.15, 0.2) is 0 Å². The third-order valence-corrected chi connectivity index (χ3v) is 3.86. The third-order valence-electron chi connectivity index (χ3n) is 3.86. The van der Waals surface area contributed by atoms with Crippen molar-refractivity contribution in [2.24, 2.45) is 0 Å². The molecule has 1 amide bonds. The molecule has 0 atom stereocenters. The van der Waals surface area contributed by atoms with Crippen molar-refractivity contribution >= 4 is 17.4 Å². The van der Waals surface area contributed by atoms with Crippen molar-refractivity contribution < 1.29 is 13.6 Å². The van der Waals surface area contributed by atoms with Crippen molar-refractivity contribution in [1.29, 1.82) is 0 Å². The predicted octanol–water partition coefficient (Wildman–Crippen LogP) is 4.05. The van der Waals surface area contributed by atoms with Crippen LogP contribution in [0.2, 0.25) is 0 Å². The zero-order chi connectivity index (χ0) is 19.4. The highest BCUT2D eigenvalue weighted by Crippen LogP contribution is 2.22. The van der Waals surface area contributed by atoms with Crippen LogP contribution in [-0.4, -0.2) is 15.9 Å². The number of nitrogens with one attached hydrogen (secondary N) is 2. The number of hydrogen-bond donors (Lipinski definition) is 2. The molecule has 2 N–H and O–H groups in total. The van der Waals surface area contributed by atoms with Crippen LogP contribution in [0.15, 0.2) is 48.5 Å². The smallest absolute Gasteiger partial charge is 0.270 e. The Kier molecular flexibility index (Phi) is 5.40. The number of aryl methyl sites for hydroxylation is 2. The van der Waals surface area contributed by atoms with Gasteiger partial charge in [-0.2, -0.15) is 0 Å². The first-order chi connectivity index (χ1) is 12.9. The van der Waals surface area contributed by atoms with E-state index >= 15 is 0 Å². The Morgan fingerprint density at radius 3 is 2.33 bits per heavy atom. The first-order valence-electron chi connectivity index (χ1n) is 8.33. The van der Waals surface area contributed by atoms with Crippen molar-refractivity contribution in [3.63, 3.8) is 0 Å². The summed E-state index contributed by atoms with van der Waals surface area (Å²) in [5.74, 6) is -1.48. The van der Waals surface area contributed by atoms with Gasteiger partial charge in [-0.15, -0.1) is 0 Å². The van der Waals surface area contributed by atoms with Gasteiger partial charge in [0.05, 0.1) is 0 Å². The Balaban J connectivity index is 1.76. The standard InChI is InChI=1S/C20H18F2N4O/c1-12-6-8-14(9-7-12)11-23-20(27)17-10-18(25-13(2)24-17)26-19-15(21)4-3-5-16(19)22/h3-10H,11H2,1-2H3,(H,23,27)(H,24,25,26). The van der Waals surface area contributed by atoms with Crippen LogP contribution in [0.25, 0.3) is 0 Å². The number of carbonyl (C=O) groups excluding carboxylic acids is 1. The maximum absolute atomic E-state index is 13.8. The van der Waals surface area contributed by atoms with E-state index in [1.807, 2.05) is 31.2 Å². The van der Waals surface area contributed by atoms with Crippen molar-refractivity contribution in [1.82, 2.24) is 15.3 Å². The van der Waals surface area contributed by atoms with Crippen LogP contribution < -0.4 is 10.6 Å². The van der Waals surface area contributed by atoms with Crippen LogP contribution in [0, 0.1) is 25.5 Å². The highest BCUT2D eigenvalue weighted by Gasteiger charge is 2.13. The molecule has 1 heterocycles. The first kappa shape index (κ1) is 18.4. The highest BCUT2D eigenvalue weighted by atomic mass is 19.1. The number of aromatic nitrogens is 2. The van der Waals surface area contributed by atoms with Crippen LogP contribution in [0.4, 0.5) is 20.3 Å². The van der Waals surface area contributed by atoms with E-state index in [9.17, 15) is 13.6 Å². The Bertz CT molecular complexity index is 954. The van der Waals surface area contributed by atoms with Gasteiger partial charge in [0, 0.05) is 12.6 Å². The molecule has 0 fully saturated rings. The number of hydrogen-bond acceptors (Lipinski definition) is 4. The van der Waals surface area contributed by atoms with Gasteiger partial charge in [0.1, 0.15) is 34.7 Å². The Morgan fingerprint density at radius 2 is 1.67 bits per heavy atom. The molecule has 1 aromatic heterocycles. The molecule has 7 heteroatoms. The molecular weight excluding hydrogens is 350 g/mol. The lowest BCUT2D eigenvalue weighted by Crippen LogP contribution is -2.24. The summed E-state index contributed by atoms with van der Waals surface area (Å²) in [5, 5.41) is 5.35. The summed E-state index contributed by atoms with van der Waals surface area (Å²) in [7, 11) is 0. The Hall–Kier alpha value is -3.35. The summed E-state index contributed by atoms with van der Waals surface area (Å²) < 4.78 is 27.6. The van der Waals surface area contributed by atoms with Crippen molar-refractivity contribution in [3.05, 3.63) is 82.8 Å². The van der Waals surface area contributed by atoms with Gasteiger partial charge in [-0.3, -0.25) is 4.79 Å². The number of amides is 1. The van der Waals surface area contributed by atoms with Gasteiger partial charge in [0.25, 0.3) is 5.91 Å². The van der Waals surface area contributed by atoms with E-state index in [1.165, 1.54) is 12.1 Å². The molecular formula is C20H18F2N4O. The zero-order valence-corrected chi connectivity index (χ0v) is 14.9. The molecule has 0 bridgehead atoms. The van der Waals surface area contributed by atoms with E-state index in [2.05, 4.69) is 20.6 Å². The Morgan fingerprint density at radius 1 is 1.00 bits per heavy atom. The van der Waals surface area contributed by atoms with Gasteiger partial charge in [-0.05, 0) is 31.5 Å². The number of rotatable bonds is 5. The maximum atomic E-state index is 13.8. The van der Waals surface area contributed by atoms with Crippen LogP contribution >= 0.6 is 0 Å². The molecule has 5 nitrogen and oxygen atoms in total. The molecule has 27 heavy (non-hydrogen) atoms. The van der Waals surface area contributed by atoms with Gasteiger partial charge in [-0.1, -0.05) is 35.9 Å². The minimum Gasteiger partial charge on any atom is -0.347 e. The molecule has 0 aliphatic rings. The number of para-hydroxylation sites is 1. The number of nitrogens with zero attached hydrogens (tertiary/aromatic N) is 2. The topological polar surface area (TPSA) is 66.9 Å². The van der Waals surface area contributed by atoms with Crippen molar-refractivity contribution in [2.45, 2.75) is 20.4 Å². The number of benzene rings is 2. The number of anilines is 2. The quantitative estimate of drug-likeness (QED) is 0.713. The monoisotopic (exact) mass is 368 g/mol. The summed E-state index contributed by atoms with van der Waals surface area (Å²) in [5.41, 5.74) is 1.86. The summed E-state index contributed by atoms with van der Waals surface area (Å²) in [6.45, 7) is 3.92. The molecule has 0 aliphatic heterocycles. The largest absolute Gasteiger partial charge is 0.347 e. The molecule has 0 saturated heterocycles. The first-order valence-corrected chi connectivity index (χ1v) is 8.33. The highest BCUT2D eigenvalue weighted by molar-refractivity contribution is 5.93. The van der Waals surface area contributed by atoms with E-state index in [-0.39, 0.29) is 17.2 Å². The van der Waals surface area contributed by atoms with Crippen LogP contribution in [0.5, 0.6) is 0 Å². The second kappa shape index (κ2) is 7.90. The van der Waals surface area contributed by atoms with E-state index in [0.717, 1.165) is 23.3 Å². The molecule has 3 aromatic rings.